The highest BCUT2D eigenvalue weighted by Crippen LogP contribution is 2.46. The van der Waals surface area contributed by atoms with Gasteiger partial charge in [0, 0.05) is 36.1 Å². The van der Waals surface area contributed by atoms with Crippen molar-refractivity contribution in [1.82, 2.24) is 25.1 Å². The van der Waals surface area contributed by atoms with E-state index < -0.39 is 35.0 Å². The largest absolute Gasteiger partial charge is 0.481 e. The van der Waals surface area contributed by atoms with Crippen molar-refractivity contribution >= 4 is 27.5 Å². The maximum absolute atomic E-state index is 16.2. The van der Waals surface area contributed by atoms with Gasteiger partial charge in [0.05, 0.1) is 42.0 Å². The maximum Gasteiger partial charge on any atom is 0.417 e. The molecule has 3 aromatic heterocycles. The summed E-state index contributed by atoms with van der Waals surface area (Å²) in [5, 5.41) is 6.97. The molecule has 0 radical (unpaired) electrons. The molecule has 242 valence electrons. The molecule has 0 spiro atoms. The highest BCUT2D eigenvalue weighted by molar-refractivity contribution is 6.02. The van der Waals surface area contributed by atoms with Crippen molar-refractivity contribution in [2.75, 3.05) is 44.8 Å². The SMILES string of the molecule is CCCCCN1CCOc2nc(-c3c(C(F)(F)F)c(C)cc4[nH]ncc34)c(F)c3nc(OC)cc1c23.FC1CC2CCCN2C1. The van der Waals surface area contributed by atoms with E-state index >= 15 is 4.39 Å². The lowest BCUT2D eigenvalue weighted by Crippen LogP contribution is -2.28. The van der Waals surface area contributed by atoms with Gasteiger partial charge in [-0.15, -0.1) is 0 Å². The maximum atomic E-state index is 16.2. The summed E-state index contributed by atoms with van der Waals surface area (Å²) in [7, 11) is 1.41. The van der Waals surface area contributed by atoms with Gasteiger partial charge in [0.15, 0.2) is 5.82 Å². The molecular weight excluding hydrogens is 595 g/mol. The minimum Gasteiger partial charge on any atom is -0.481 e. The zero-order chi connectivity index (χ0) is 31.9. The van der Waals surface area contributed by atoms with Gasteiger partial charge in [-0.3, -0.25) is 10.00 Å². The van der Waals surface area contributed by atoms with Gasteiger partial charge >= 0.3 is 6.18 Å². The third-order valence-corrected chi connectivity index (χ3v) is 8.92. The number of anilines is 1. The second kappa shape index (κ2) is 12.6. The molecule has 2 saturated heterocycles. The molecule has 0 amide bonds. The molecule has 8 nitrogen and oxygen atoms in total. The Labute approximate surface area is 257 Å². The average Bonchev–Trinajstić information content (AvgIpc) is 3.70. The van der Waals surface area contributed by atoms with Gasteiger partial charge in [0.1, 0.15) is 24.0 Å². The molecule has 2 atom stereocenters. The van der Waals surface area contributed by atoms with Gasteiger partial charge in [0.2, 0.25) is 11.8 Å². The number of rotatable bonds is 6. The zero-order valence-corrected chi connectivity index (χ0v) is 25.6. The average molecular weight is 633 g/mol. The van der Waals surface area contributed by atoms with Gasteiger partial charge in [-0.05, 0) is 50.8 Å². The smallest absolute Gasteiger partial charge is 0.417 e. The zero-order valence-electron chi connectivity index (χ0n) is 25.6. The van der Waals surface area contributed by atoms with Crippen LogP contribution in [0.25, 0.3) is 33.1 Å². The summed E-state index contributed by atoms with van der Waals surface area (Å²) in [5.74, 6) is -0.794. The second-order valence-electron chi connectivity index (χ2n) is 11.9. The Bertz CT molecular complexity index is 1680. The first kappa shape index (κ1) is 31.3. The molecule has 0 saturated carbocycles. The van der Waals surface area contributed by atoms with Gasteiger partial charge in [-0.1, -0.05) is 19.8 Å². The third-order valence-electron chi connectivity index (χ3n) is 8.92. The number of alkyl halides is 4. The van der Waals surface area contributed by atoms with E-state index in [4.69, 9.17) is 9.47 Å². The molecule has 3 aliphatic rings. The summed E-state index contributed by atoms with van der Waals surface area (Å²) >= 11 is 0. The van der Waals surface area contributed by atoms with E-state index in [1.54, 1.807) is 6.07 Å². The number of pyridine rings is 2. The lowest BCUT2D eigenvalue weighted by molar-refractivity contribution is -0.137. The summed E-state index contributed by atoms with van der Waals surface area (Å²) in [6.07, 6.45) is 2.27. The number of unbranched alkanes of at least 4 members (excludes halogenated alkanes) is 2. The number of nitrogens with one attached hydrogen (secondary N) is 1. The van der Waals surface area contributed by atoms with Gasteiger partial charge < -0.3 is 14.4 Å². The van der Waals surface area contributed by atoms with Crippen molar-refractivity contribution < 1.29 is 31.4 Å². The number of fused-ring (bicyclic) bond motifs is 2. The molecule has 7 rings (SSSR count). The highest BCUT2D eigenvalue weighted by atomic mass is 19.4. The number of H-pyrrole nitrogens is 1. The quantitative estimate of drug-likeness (QED) is 0.178. The van der Waals surface area contributed by atoms with Crippen molar-refractivity contribution in [3.63, 3.8) is 0 Å². The van der Waals surface area contributed by atoms with Crippen LogP contribution in [0.4, 0.5) is 27.6 Å². The van der Waals surface area contributed by atoms with Crippen LogP contribution in [-0.4, -0.2) is 77.2 Å². The van der Waals surface area contributed by atoms with E-state index in [2.05, 4.69) is 36.9 Å². The van der Waals surface area contributed by atoms with Crippen LogP contribution in [0.1, 0.15) is 56.6 Å². The normalized spacial score (nSPS) is 19.8. The molecule has 0 bridgehead atoms. The Kier molecular flexibility index (Phi) is 8.73. The van der Waals surface area contributed by atoms with Crippen LogP contribution in [-0.2, 0) is 6.18 Å². The predicted octanol–water partition coefficient (Wildman–Crippen LogP) is 7.23. The molecule has 6 heterocycles. The van der Waals surface area contributed by atoms with Crippen molar-refractivity contribution in [2.45, 2.75) is 70.8 Å². The molecule has 2 unspecified atom stereocenters. The summed E-state index contributed by atoms with van der Waals surface area (Å²) in [6.45, 7) is 6.72. The number of nitrogens with zero attached hydrogens (tertiary/aromatic N) is 5. The first-order valence-corrected chi connectivity index (χ1v) is 15.5. The van der Waals surface area contributed by atoms with Crippen LogP contribution in [0.15, 0.2) is 18.3 Å². The first-order chi connectivity index (χ1) is 21.6. The summed E-state index contributed by atoms with van der Waals surface area (Å²) in [5.41, 5.74) is -1.14. The van der Waals surface area contributed by atoms with E-state index in [1.807, 2.05) is 0 Å². The van der Waals surface area contributed by atoms with E-state index in [0.717, 1.165) is 32.2 Å². The Balaban J connectivity index is 0.000000337. The van der Waals surface area contributed by atoms with Crippen LogP contribution in [0.5, 0.6) is 11.8 Å². The van der Waals surface area contributed by atoms with Crippen molar-refractivity contribution in [1.29, 1.82) is 0 Å². The van der Waals surface area contributed by atoms with Crippen LogP contribution >= 0.6 is 0 Å². The minimum absolute atomic E-state index is 0.0378. The Hall–Kier alpha value is -3.74. The number of aryl methyl sites for hydroxylation is 1. The van der Waals surface area contributed by atoms with Gasteiger partial charge in [0.25, 0.3) is 0 Å². The Morgan fingerprint density at radius 2 is 1.98 bits per heavy atom. The number of aromatic amines is 1. The molecule has 1 aromatic carbocycles. The van der Waals surface area contributed by atoms with Crippen LogP contribution in [0, 0.1) is 12.7 Å². The molecule has 3 aliphatic heterocycles. The van der Waals surface area contributed by atoms with E-state index in [0.29, 0.717) is 42.3 Å². The molecule has 4 aromatic rings. The van der Waals surface area contributed by atoms with Crippen molar-refractivity contribution in [3.05, 3.63) is 35.3 Å². The van der Waals surface area contributed by atoms with Crippen molar-refractivity contribution in [2.24, 2.45) is 0 Å². The number of ether oxygens (including phenoxy) is 2. The summed E-state index contributed by atoms with van der Waals surface area (Å²) in [4.78, 5) is 13.0. The number of methoxy groups -OCH3 is 1. The number of hydrogen-bond donors (Lipinski definition) is 1. The number of benzene rings is 1. The molecular formula is C32H37F5N6O2. The van der Waals surface area contributed by atoms with E-state index in [1.165, 1.54) is 39.1 Å². The highest BCUT2D eigenvalue weighted by Gasteiger charge is 2.39. The van der Waals surface area contributed by atoms with E-state index in [9.17, 15) is 17.6 Å². The first-order valence-electron chi connectivity index (χ1n) is 15.5. The summed E-state index contributed by atoms with van der Waals surface area (Å²) in [6, 6.07) is 3.64. The fraction of sp³-hybridized carbons (Fsp3) is 0.531. The standard InChI is InChI=1S/C25H25F4N5O2.C7H12FN/c1-4-5-6-7-34-8-9-36-24-19-16(34)11-17(35-3)31-23(19)21(26)22(32-24)18-14-12-30-33-15(14)10-13(2)20(18)25(27,28)29;8-6-4-7-2-1-3-9(7)5-6/h10-12H,4-9H2,1-3H3,(H,30,33);6-7H,1-5H2. The molecule has 1 N–H and O–H groups in total. The lowest BCUT2D eigenvalue weighted by Gasteiger charge is -2.24. The fourth-order valence-corrected chi connectivity index (χ4v) is 6.84. The lowest BCUT2D eigenvalue weighted by atomic mass is 9.94. The molecule has 0 aliphatic carbocycles. The Morgan fingerprint density at radius 1 is 1.16 bits per heavy atom. The predicted molar refractivity (Wildman–Crippen MR) is 162 cm³/mol. The van der Waals surface area contributed by atoms with Gasteiger partial charge in [-0.2, -0.15) is 18.3 Å². The fourth-order valence-electron chi connectivity index (χ4n) is 6.84. The molecule has 13 heteroatoms. The van der Waals surface area contributed by atoms with Crippen LogP contribution in [0.2, 0.25) is 0 Å². The molecule has 45 heavy (non-hydrogen) atoms. The Morgan fingerprint density at radius 3 is 2.71 bits per heavy atom. The van der Waals surface area contributed by atoms with Crippen LogP contribution in [0.3, 0.4) is 0 Å². The summed E-state index contributed by atoms with van der Waals surface area (Å²) < 4.78 is 82.9. The second-order valence-corrected chi connectivity index (χ2v) is 11.9. The number of hydrogen-bond acceptors (Lipinski definition) is 7. The monoisotopic (exact) mass is 632 g/mol. The number of aromatic nitrogens is 4. The van der Waals surface area contributed by atoms with E-state index in [-0.39, 0.29) is 34.8 Å². The van der Waals surface area contributed by atoms with Crippen LogP contribution < -0.4 is 14.4 Å². The topological polar surface area (TPSA) is 79.4 Å². The van der Waals surface area contributed by atoms with Crippen molar-refractivity contribution in [3.8, 4) is 23.0 Å². The molecule has 2 fully saturated rings. The minimum atomic E-state index is -4.76. The van der Waals surface area contributed by atoms with Gasteiger partial charge in [-0.25, -0.2) is 18.7 Å². The number of halogens is 5. The third kappa shape index (κ3) is 5.98.